The number of amides is 2. The Morgan fingerprint density at radius 2 is 1.03 bits per heavy atom. The average molecular weight is 427 g/mol. The number of esters is 2. The maximum Gasteiger partial charge on any atom is 0.325 e. The van der Waals surface area contributed by atoms with Gasteiger partial charge in [-0.15, -0.1) is 0 Å². The molecule has 1 rings (SSSR count). The molecule has 0 radical (unpaired) electrons. The lowest BCUT2D eigenvalue weighted by Crippen LogP contribution is -2.42. The molecule has 8 heteroatoms. The third kappa shape index (κ3) is 11.8. The number of rotatable bonds is 8. The predicted octanol–water partition coefficient (Wildman–Crippen LogP) is 2.49. The molecule has 30 heavy (non-hydrogen) atoms. The summed E-state index contributed by atoms with van der Waals surface area (Å²) in [5.74, 6) is -1.53. The van der Waals surface area contributed by atoms with Gasteiger partial charge in [-0.3, -0.25) is 19.2 Å². The minimum atomic E-state index is -0.552. The smallest absolute Gasteiger partial charge is 0.325 e. The van der Waals surface area contributed by atoms with Gasteiger partial charge in [-0.1, -0.05) is 41.5 Å². The summed E-state index contributed by atoms with van der Waals surface area (Å²) < 4.78 is 10.9. The SMILES string of the molecule is CC(C)(C)CC(=O)NCC(=O)OC1CCCCC1OC(=O)CNC(=O)CC(C)(C)C. The van der Waals surface area contributed by atoms with Crippen LogP contribution in [0, 0.1) is 10.8 Å². The van der Waals surface area contributed by atoms with Crippen molar-refractivity contribution in [1.29, 1.82) is 0 Å². The van der Waals surface area contributed by atoms with Crippen molar-refractivity contribution in [2.45, 2.75) is 92.3 Å². The number of nitrogens with one attached hydrogen (secondary N) is 2. The Kier molecular flexibility index (Phi) is 9.78. The van der Waals surface area contributed by atoms with E-state index < -0.39 is 24.1 Å². The third-order valence-corrected chi connectivity index (χ3v) is 4.45. The lowest BCUT2D eigenvalue weighted by Gasteiger charge is -2.30. The van der Waals surface area contributed by atoms with Gasteiger partial charge in [0, 0.05) is 12.8 Å². The number of ether oxygens (including phenoxy) is 2. The second-order valence-corrected chi connectivity index (χ2v) is 10.4. The lowest BCUT2D eigenvalue weighted by atomic mass is 9.92. The normalized spacial score (nSPS) is 19.5. The molecule has 0 aromatic heterocycles. The fourth-order valence-electron chi connectivity index (χ4n) is 3.18. The summed E-state index contributed by atoms with van der Waals surface area (Å²) >= 11 is 0. The molecule has 8 nitrogen and oxygen atoms in total. The molecule has 0 aromatic rings. The Morgan fingerprint density at radius 1 is 0.700 bits per heavy atom. The molecule has 1 aliphatic rings. The molecule has 0 aromatic carbocycles. The Morgan fingerprint density at radius 3 is 1.33 bits per heavy atom. The van der Waals surface area contributed by atoms with Gasteiger partial charge in [0.1, 0.15) is 25.3 Å². The summed E-state index contributed by atoms with van der Waals surface area (Å²) in [6.45, 7) is 11.2. The molecule has 2 N–H and O–H groups in total. The zero-order valence-electron chi connectivity index (χ0n) is 19.3. The molecule has 0 spiro atoms. The zero-order chi connectivity index (χ0) is 22.9. The topological polar surface area (TPSA) is 111 Å². The van der Waals surface area contributed by atoms with Crippen molar-refractivity contribution in [2.24, 2.45) is 10.8 Å². The minimum Gasteiger partial charge on any atom is -0.457 e. The largest absolute Gasteiger partial charge is 0.457 e. The van der Waals surface area contributed by atoms with Gasteiger partial charge in [0.2, 0.25) is 11.8 Å². The van der Waals surface area contributed by atoms with Gasteiger partial charge in [0.15, 0.2) is 0 Å². The molecule has 2 unspecified atom stereocenters. The molecule has 0 aliphatic heterocycles. The first kappa shape index (κ1) is 25.9. The van der Waals surface area contributed by atoms with E-state index in [9.17, 15) is 19.2 Å². The molecule has 0 saturated heterocycles. The summed E-state index contributed by atoms with van der Waals surface area (Å²) in [4.78, 5) is 48.0. The van der Waals surface area contributed by atoms with E-state index in [1.807, 2.05) is 41.5 Å². The van der Waals surface area contributed by atoms with Crippen molar-refractivity contribution >= 4 is 23.8 Å². The molecular formula is C22H38N2O6. The maximum absolute atomic E-state index is 12.1. The van der Waals surface area contributed by atoms with Gasteiger partial charge in [0.25, 0.3) is 0 Å². The molecule has 0 bridgehead atoms. The highest BCUT2D eigenvalue weighted by Gasteiger charge is 2.31. The molecule has 2 amide bonds. The highest BCUT2D eigenvalue weighted by molar-refractivity contribution is 5.83. The minimum absolute atomic E-state index is 0.168. The molecule has 172 valence electrons. The quantitative estimate of drug-likeness (QED) is 0.577. The van der Waals surface area contributed by atoms with Gasteiger partial charge < -0.3 is 20.1 Å². The van der Waals surface area contributed by atoms with Gasteiger partial charge in [-0.25, -0.2) is 0 Å². The average Bonchev–Trinajstić information content (AvgIpc) is 2.57. The summed E-state index contributed by atoms with van der Waals surface area (Å²) in [5.41, 5.74) is -0.335. The third-order valence-electron chi connectivity index (χ3n) is 4.45. The molecule has 1 aliphatic carbocycles. The fraction of sp³-hybridized carbons (Fsp3) is 0.818. The zero-order valence-corrected chi connectivity index (χ0v) is 19.3. The lowest BCUT2D eigenvalue weighted by molar-refractivity contribution is -0.170. The van der Waals surface area contributed by atoms with Crippen LogP contribution in [0.15, 0.2) is 0 Å². The van der Waals surface area contributed by atoms with Crippen molar-refractivity contribution in [3.05, 3.63) is 0 Å². The van der Waals surface area contributed by atoms with Crippen LogP contribution in [-0.4, -0.2) is 49.1 Å². The molecule has 1 saturated carbocycles. The molecular weight excluding hydrogens is 388 g/mol. The van der Waals surface area contributed by atoms with Crippen LogP contribution < -0.4 is 10.6 Å². The summed E-state index contributed by atoms with van der Waals surface area (Å²) in [6.07, 6.45) is 2.46. The van der Waals surface area contributed by atoms with Gasteiger partial charge in [0.05, 0.1) is 0 Å². The Bertz CT molecular complexity index is 564. The highest BCUT2D eigenvalue weighted by Crippen LogP contribution is 2.24. The van der Waals surface area contributed by atoms with E-state index in [2.05, 4.69) is 10.6 Å². The van der Waals surface area contributed by atoms with Crippen molar-refractivity contribution in [3.8, 4) is 0 Å². The number of carbonyl (C=O) groups excluding carboxylic acids is 4. The van der Waals surface area contributed by atoms with E-state index >= 15 is 0 Å². The van der Waals surface area contributed by atoms with Gasteiger partial charge in [-0.05, 0) is 36.5 Å². The van der Waals surface area contributed by atoms with Crippen LogP contribution >= 0.6 is 0 Å². The van der Waals surface area contributed by atoms with E-state index in [0.717, 1.165) is 12.8 Å². The first-order valence-electron chi connectivity index (χ1n) is 10.7. The van der Waals surface area contributed by atoms with E-state index in [0.29, 0.717) is 25.7 Å². The van der Waals surface area contributed by atoms with E-state index in [-0.39, 0.29) is 35.7 Å². The van der Waals surface area contributed by atoms with Crippen LogP contribution in [0.4, 0.5) is 0 Å². The number of hydrogen-bond acceptors (Lipinski definition) is 6. The summed E-state index contributed by atoms with van der Waals surface area (Å²) in [5, 5.41) is 5.13. The monoisotopic (exact) mass is 426 g/mol. The van der Waals surface area contributed by atoms with Crippen molar-refractivity contribution in [3.63, 3.8) is 0 Å². The van der Waals surface area contributed by atoms with Crippen molar-refractivity contribution < 1.29 is 28.7 Å². The van der Waals surface area contributed by atoms with Crippen LogP contribution in [0.5, 0.6) is 0 Å². The molecule has 2 atom stereocenters. The Balaban J connectivity index is 2.44. The summed E-state index contributed by atoms with van der Waals surface area (Å²) in [7, 11) is 0. The Labute approximate surface area is 179 Å². The number of hydrogen-bond donors (Lipinski definition) is 2. The standard InChI is InChI=1S/C22H38N2O6/c1-21(2,3)11-17(25)23-13-19(27)29-15-9-7-8-10-16(15)30-20(28)14-24-18(26)12-22(4,5)6/h15-16H,7-14H2,1-6H3,(H,23,25)(H,24,26). The fourth-order valence-corrected chi connectivity index (χ4v) is 3.18. The van der Waals surface area contributed by atoms with Crippen molar-refractivity contribution in [2.75, 3.05) is 13.1 Å². The van der Waals surface area contributed by atoms with Crippen molar-refractivity contribution in [1.82, 2.24) is 10.6 Å². The van der Waals surface area contributed by atoms with Gasteiger partial charge in [-0.2, -0.15) is 0 Å². The Hall–Kier alpha value is -2.12. The van der Waals surface area contributed by atoms with E-state index in [4.69, 9.17) is 9.47 Å². The second-order valence-electron chi connectivity index (χ2n) is 10.4. The molecule has 0 heterocycles. The van der Waals surface area contributed by atoms with Crippen LogP contribution in [0.2, 0.25) is 0 Å². The van der Waals surface area contributed by atoms with Crippen LogP contribution in [0.25, 0.3) is 0 Å². The van der Waals surface area contributed by atoms with E-state index in [1.54, 1.807) is 0 Å². The predicted molar refractivity (Wildman–Crippen MR) is 112 cm³/mol. The second kappa shape index (κ2) is 11.3. The first-order valence-corrected chi connectivity index (χ1v) is 10.7. The maximum atomic E-state index is 12.1. The first-order chi connectivity index (χ1) is 13.7. The van der Waals surface area contributed by atoms with Crippen LogP contribution in [-0.2, 0) is 28.7 Å². The van der Waals surface area contributed by atoms with Crippen LogP contribution in [0.1, 0.15) is 80.1 Å². The van der Waals surface area contributed by atoms with Gasteiger partial charge >= 0.3 is 11.9 Å². The highest BCUT2D eigenvalue weighted by atomic mass is 16.6. The van der Waals surface area contributed by atoms with Crippen LogP contribution in [0.3, 0.4) is 0 Å². The summed E-state index contributed by atoms with van der Waals surface area (Å²) in [6, 6.07) is 0. The van der Waals surface area contributed by atoms with E-state index in [1.165, 1.54) is 0 Å². The molecule has 1 fully saturated rings. The number of carbonyl (C=O) groups is 4.